The molecule has 3 aromatic rings. The Labute approximate surface area is 130 Å². The number of halogens is 1. The number of hydrogen-bond donors (Lipinski definition) is 1. The summed E-state index contributed by atoms with van der Waals surface area (Å²) in [5.74, 6) is 0.589. The van der Waals surface area contributed by atoms with E-state index in [0.717, 1.165) is 20.9 Å². The zero-order valence-electron chi connectivity index (χ0n) is 11.6. The van der Waals surface area contributed by atoms with Gasteiger partial charge in [-0.05, 0) is 36.8 Å². The summed E-state index contributed by atoms with van der Waals surface area (Å²) in [5.41, 5.74) is 2.43. The third-order valence-electron chi connectivity index (χ3n) is 3.29. The normalized spacial score (nSPS) is 11.6. The monoisotopic (exact) mass is 344 g/mol. The van der Waals surface area contributed by atoms with Crippen molar-refractivity contribution in [3.05, 3.63) is 46.6 Å². The molecule has 0 amide bonds. The van der Waals surface area contributed by atoms with Crippen molar-refractivity contribution in [3.8, 4) is 5.88 Å². The van der Waals surface area contributed by atoms with Crippen LogP contribution in [0.3, 0.4) is 0 Å². The van der Waals surface area contributed by atoms with Crippen molar-refractivity contribution in [2.75, 3.05) is 0 Å². The Morgan fingerprint density at radius 3 is 2.76 bits per heavy atom. The summed E-state index contributed by atoms with van der Waals surface area (Å²) >= 11 is 3.47. The molecule has 2 aromatic heterocycles. The maximum Gasteiger partial charge on any atom is 0.220 e. The van der Waals surface area contributed by atoms with Crippen molar-refractivity contribution in [2.24, 2.45) is 17.3 Å². The maximum atomic E-state index is 10.3. The Morgan fingerprint density at radius 2 is 2.05 bits per heavy atom. The smallest absolute Gasteiger partial charge is 0.220 e. The molecule has 0 saturated carbocycles. The lowest BCUT2D eigenvalue weighted by Gasteiger charge is -2.01. The second-order valence-electron chi connectivity index (χ2n) is 4.74. The first-order valence-electron chi connectivity index (χ1n) is 6.38. The van der Waals surface area contributed by atoms with Crippen molar-refractivity contribution in [1.29, 1.82) is 0 Å². The van der Waals surface area contributed by atoms with E-state index in [1.807, 2.05) is 31.2 Å². The van der Waals surface area contributed by atoms with E-state index in [4.69, 9.17) is 0 Å². The number of aromatic nitrogens is 2. The molecule has 0 unspecified atom stereocenters. The van der Waals surface area contributed by atoms with Gasteiger partial charge in [-0.25, -0.2) is 4.98 Å². The Bertz CT molecular complexity index is 840. The first-order chi connectivity index (χ1) is 10.1. The van der Waals surface area contributed by atoms with Gasteiger partial charge < -0.3 is 9.67 Å². The molecule has 3 rings (SSSR count). The zero-order valence-corrected chi connectivity index (χ0v) is 13.2. The highest BCUT2D eigenvalue weighted by atomic mass is 79.9. The Morgan fingerprint density at radius 1 is 1.24 bits per heavy atom. The molecule has 0 atom stereocenters. The van der Waals surface area contributed by atoms with Gasteiger partial charge in [-0.2, -0.15) is 0 Å². The summed E-state index contributed by atoms with van der Waals surface area (Å²) in [4.78, 5) is 4.09. The van der Waals surface area contributed by atoms with Crippen LogP contribution < -0.4 is 0 Å². The van der Waals surface area contributed by atoms with Crippen LogP contribution in [0.5, 0.6) is 5.88 Å². The number of rotatable bonds is 2. The first-order valence-corrected chi connectivity index (χ1v) is 7.17. The van der Waals surface area contributed by atoms with Crippen LogP contribution in [0.2, 0.25) is 0 Å². The molecule has 0 aliphatic rings. The van der Waals surface area contributed by atoms with E-state index in [2.05, 4.69) is 31.1 Å². The van der Waals surface area contributed by atoms with Crippen LogP contribution in [0.4, 0.5) is 11.5 Å². The molecule has 2 heterocycles. The number of pyridine rings is 1. The van der Waals surface area contributed by atoms with Crippen molar-refractivity contribution >= 4 is 38.3 Å². The van der Waals surface area contributed by atoms with Gasteiger partial charge in [0.05, 0.1) is 5.52 Å². The SMILES string of the molecule is Cc1cc(Br)cc2c(N=Nc3ccccn3)c(O)n(C)c12. The molecule has 106 valence electrons. The van der Waals surface area contributed by atoms with Gasteiger partial charge in [0.2, 0.25) is 5.88 Å². The first kappa shape index (κ1) is 13.8. The van der Waals surface area contributed by atoms with E-state index < -0.39 is 0 Å². The summed E-state index contributed by atoms with van der Waals surface area (Å²) in [6.45, 7) is 1.99. The summed E-state index contributed by atoms with van der Waals surface area (Å²) < 4.78 is 2.65. The molecule has 0 aliphatic heterocycles. The Kier molecular flexibility index (Phi) is 3.47. The molecule has 0 bridgehead atoms. The molecule has 0 radical (unpaired) electrons. The lowest BCUT2D eigenvalue weighted by molar-refractivity contribution is 0.436. The van der Waals surface area contributed by atoms with E-state index in [9.17, 15) is 5.11 Å². The Hall–Kier alpha value is -2.21. The minimum Gasteiger partial charge on any atom is -0.493 e. The number of aromatic hydroxyl groups is 1. The van der Waals surface area contributed by atoms with Gasteiger partial charge in [0.25, 0.3) is 0 Å². The second kappa shape index (κ2) is 5.29. The standard InChI is InChI=1S/C15H13BrN4O/c1-9-7-10(16)8-11-13(15(21)20(2)14(9)11)19-18-12-5-3-4-6-17-12/h3-8,21H,1-2H3. The van der Waals surface area contributed by atoms with E-state index in [-0.39, 0.29) is 5.88 Å². The second-order valence-corrected chi connectivity index (χ2v) is 5.65. The largest absolute Gasteiger partial charge is 0.493 e. The molecule has 21 heavy (non-hydrogen) atoms. The van der Waals surface area contributed by atoms with Crippen LogP contribution in [0.1, 0.15) is 5.56 Å². The van der Waals surface area contributed by atoms with E-state index in [1.54, 1.807) is 23.9 Å². The van der Waals surface area contributed by atoms with Gasteiger partial charge in [0.15, 0.2) is 11.5 Å². The summed E-state index contributed by atoms with van der Waals surface area (Å²) in [6, 6.07) is 9.34. The maximum absolute atomic E-state index is 10.3. The third kappa shape index (κ3) is 2.42. The van der Waals surface area contributed by atoms with Gasteiger partial charge in [0, 0.05) is 23.1 Å². The minimum absolute atomic E-state index is 0.0888. The van der Waals surface area contributed by atoms with Crippen LogP contribution in [-0.4, -0.2) is 14.7 Å². The van der Waals surface area contributed by atoms with Gasteiger partial charge in [-0.1, -0.05) is 22.0 Å². The van der Waals surface area contributed by atoms with Gasteiger partial charge in [-0.3, -0.25) is 0 Å². The number of benzene rings is 1. The number of hydrogen-bond acceptors (Lipinski definition) is 4. The minimum atomic E-state index is 0.0888. The topological polar surface area (TPSA) is 62.8 Å². The average Bonchev–Trinajstić information content (AvgIpc) is 2.70. The molecule has 5 nitrogen and oxygen atoms in total. The van der Waals surface area contributed by atoms with Gasteiger partial charge in [-0.15, -0.1) is 10.2 Å². The predicted octanol–water partition coefficient (Wildman–Crippen LogP) is 4.77. The third-order valence-corrected chi connectivity index (χ3v) is 3.74. The molecule has 1 aromatic carbocycles. The van der Waals surface area contributed by atoms with E-state index in [1.165, 1.54) is 0 Å². The molecule has 6 heteroatoms. The zero-order chi connectivity index (χ0) is 15.0. The van der Waals surface area contributed by atoms with Crippen LogP contribution in [0.15, 0.2) is 51.2 Å². The number of azo groups is 1. The van der Waals surface area contributed by atoms with Crippen molar-refractivity contribution in [3.63, 3.8) is 0 Å². The highest BCUT2D eigenvalue weighted by Crippen LogP contribution is 2.41. The summed E-state index contributed by atoms with van der Waals surface area (Å²) in [6.07, 6.45) is 1.65. The van der Waals surface area contributed by atoms with E-state index in [0.29, 0.717) is 11.5 Å². The summed E-state index contributed by atoms with van der Waals surface area (Å²) in [7, 11) is 1.80. The van der Waals surface area contributed by atoms with Crippen LogP contribution in [0, 0.1) is 6.92 Å². The van der Waals surface area contributed by atoms with Crippen LogP contribution in [0.25, 0.3) is 10.9 Å². The van der Waals surface area contributed by atoms with Crippen LogP contribution in [-0.2, 0) is 7.05 Å². The van der Waals surface area contributed by atoms with Gasteiger partial charge >= 0.3 is 0 Å². The molecule has 0 saturated heterocycles. The molecule has 0 spiro atoms. The van der Waals surface area contributed by atoms with Crippen molar-refractivity contribution < 1.29 is 5.11 Å². The fourth-order valence-corrected chi connectivity index (χ4v) is 2.93. The van der Waals surface area contributed by atoms with Crippen molar-refractivity contribution in [1.82, 2.24) is 9.55 Å². The molecule has 0 aliphatic carbocycles. The molecular weight excluding hydrogens is 332 g/mol. The molecular formula is C15H13BrN4O. The fraction of sp³-hybridized carbons (Fsp3) is 0.133. The quantitative estimate of drug-likeness (QED) is 0.680. The predicted molar refractivity (Wildman–Crippen MR) is 85.4 cm³/mol. The molecule has 0 fully saturated rings. The Balaban J connectivity index is 2.19. The van der Waals surface area contributed by atoms with Crippen LogP contribution >= 0.6 is 15.9 Å². The number of fused-ring (bicyclic) bond motifs is 1. The van der Waals surface area contributed by atoms with Gasteiger partial charge in [0.1, 0.15) is 0 Å². The van der Waals surface area contributed by atoms with Crippen molar-refractivity contribution in [2.45, 2.75) is 6.92 Å². The lowest BCUT2D eigenvalue weighted by Crippen LogP contribution is -1.88. The fourth-order valence-electron chi connectivity index (χ4n) is 2.36. The highest BCUT2D eigenvalue weighted by Gasteiger charge is 2.16. The number of aryl methyl sites for hydroxylation is 2. The highest BCUT2D eigenvalue weighted by molar-refractivity contribution is 9.10. The number of nitrogens with zero attached hydrogens (tertiary/aromatic N) is 4. The van der Waals surface area contributed by atoms with E-state index >= 15 is 0 Å². The lowest BCUT2D eigenvalue weighted by atomic mass is 10.1. The molecule has 1 N–H and O–H groups in total. The summed E-state index contributed by atoms with van der Waals surface area (Å²) in [5, 5.41) is 19.4. The average molecular weight is 345 g/mol.